The van der Waals surface area contributed by atoms with E-state index in [-0.39, 0.29) is 0 Å². The first-order valence-electron chi connectivity index (χ1n) is 6.45. The van der Waals surface area contributed by atoms with Crippen molar-refractivity contribution in [3.63, 3.8) is 0 Å². The fraction of sp³-hybridized carbons (Fsp3) is 0.188. The van der Waals surface area contributed by atoms with Crippen molar-refractivity contribution in [2.45, 2.75) is 6.54 Å². The van der Waals surface area contributed by atoms with E-state index in [0.717, 1.165) is 27.0 Å². The Hall–Kier alpha value is -1.59. The number of anilines is 1. The van der Waals surface area contributed by atoms with Crippen LogP contribution in [0, 0.1) is 0 Å². The predicted molar refractivity (Wildman–Crippen MR) is 95.1 cm³/mol. The van der Waals surface area contributed by atoms with Crippen LogP contribution in [-0.4, -0.2) is 19.1 Å². The van der Waals surface area contributed by atoms with Gasteiger partial charge in [-0.2, -0.15) is 0 Å². The van der Waals surface area contributed by atoms with E-state index in [1.807, 2.05) is 43.4 Å². The molecule has 0 saturated carbocycles. The van der Waals surface area contributed by atoms with E-state index in [4.69, 9.17) is 22.7 Å². The lowest BCUT2D eigenvalue weighted by molar-refractivity contribution is 0.409. The van der Waals surface area contributed by atoms with E-state index >= 15 is 0 Å². The molecule has 0 bridgehead atoms. The average molecular weight is 365 g/mol. The third-order valence-electron chi connectivity index (χ3n) is 3.24. The zero-order chi connectivity index (χ0) is 15.4. The second-order valence-corrected chi connectivity index (χ2v) is 6.05. The number of halogens is 1. The monoisotopic (exact) mass is 364 g/mol. The minimum absolute atomic E-state index is 0.387. The quantitative estimate of drug-likeness (QED) is 0.820. The average Bonchev–Trinajstić information content (AvgIpc) is 2.47. The lowest BCUT2D eigenvalue weighted by Crippen LogP contribution is -2.21. The lowest BCUT2D eigenvalue weighted by atomic mass is 10.1. The number of nitrogens with two attached hydrogens (primary N) is 1. The van der Waals surface area contributed by atoms with Gasteiger partial charge in [0.05, 0.1) is 7.11 Å². The van der Waals surface area contributed by atoms with Gasteiger partial charge in [0.25, 0.3) is 0 Å². The molecule has 2 aromatic carbocycles. The standard InChI is InChI=1S/C16H17BrN2OS/c1-19(10-11-5-3-4-6-15(11)20-2)14-8-7-12(17)9-13(14)16(18)21/h3-9H,10H2,1-2H3,(H2,18,21). The van der Waals surface area contributed by atoms with Crippen molar-refractivity contribution < 1.29 is 4.74 Å². The molecule has 0 spiro atoms. The number of benzene rings is 2. The van der Waals surface area contributed by atoms with Crippen LogP contribution < -0.4 is 15.4 Å². The molecule has 5 heteroatoms. The van der Waals surface area contributed by atoms with Crippen LogP contribution in [-0.2, 0) is 6.54 Å². The van der Waals surface area contributed by atoms with Gasteiger partial charge in [-0.3, -0.25) is 0 Å². The molecule has 21 heavy (non-hydrogen) atoms. The Morgan fingerprint density at radius 1 is 1.29 bits per heavy atom. The summed E-state index contributed by atoms with van der Waals surface area (Å²) in [5.41, 5.74) is 8.80. The Morgan fingerprint density at radius 3 is 2.67 bits per heavy atom. The van der Waals surface area contributed by atoms with E-state index in [1.54, 1.807) is 7.11 Å². The maximum atomic E-state index is 5.83. The van der Waals surface area contributed by atoms with Crippen LogP contribution in [0.1, 0.15) is 11.1 Å². The molecule has 0 heterocycles. The molecule has 0 aromatic heterocycles. The zero-order valence-corrected chi connectivity index (χ0v) is 14.4. The Morgan fingerprint density at radius 2 is 2.00 bits per heavy atom. The van der Waals surface area contributed by atoms with Crippen molar-refractivity contribution in [2.75, 3.05) is 19.1 Å². The van der Waals surface area contributed by atoms with Crippen LogP contribution in [0.25, 0.3) is 0 Å². The third kappa shape index (κ3) is 3.74. The van der Waals surface area contributed by atoms with E-state index in [0.29, 0.717) is 11.5 Å². The van der Waals surface area contributed by atoms with Crippen molar-refractivity contribution >= 4 is 38.8 Å². The van der Waals surface area contributed by atoms with E-state index in [9.17, 15) is 0 Å². The van der Waals surface area contributed by atoms with E-state index in [1.165, 1.54) is 0 Å². The third-order valence-corrected chi connectivity index (χ3v) is 3.95. The van der Waals surface area contributed by atoms with Gasteiger partial charge in [-0.05, 0) is 24.3 Å². The Balaban J connectivity index is 2.32. The van der Waals surface area contributed by atoms with Crippen LogP contribution >= 0.6 is 28.1 Å². The topological polar surface area (TPSA) is 38.5 Å². The molecule has 0 amide bonds. The first kappa shape index (κ1) is 15.8. The van der Waals surface area contributed by atoms with Crippen molar-refractivity contribution in [2.24, 2.45) is 5.73 Å². The van der Waals surface area contributed by atoms with Gasteiger partial charge in [0.15, 0.2) is 0 Å². The summed E-state index contributed by atoms with van der Waals surface area (Å²) in [7, 11) is 3.69. The van der Waals surface area contributed by atoms with E-state index < -0.39 is 0 Å². The second kappa shape index (κ2) is 6.91. The molecule has 0 atom stereocenters. The van der Waals surface area contributed by atoms with Crippen LogP contribution in [0.4, 0.5) is 5.69 Å². The first-order valence-corrected chi connectivity index (χ1v) is 7.65. The highest BCUT2D eigenvalue weighted by Crippen LogP contribution is 2.27. The molecule has 0 unspecified atom stereocenters. The highest BCUT2D eigenvalue weighted by molar-refractivity contribution is 9.10. The van der Waals surface area contributed by atoms with Gasteiger partial charge >= 0.3 is 0 Å². The summed E-state index contributed by atoms with van der Waals surface area (Å²) < 4.78 is 6.35. The molecular weight excluding hydrogens is 348 g/mol. The van der Waals surface area contributed by atoms with Gasteiger partial charge in [0.1, 0.15) is 10.7 Å². The van der Waals surface area contributed by atoms with Crippen molar-refractivity contribution in [3.8, 4) is 5.75 Å². The van der Waals surface area contributed by atoms with Crippen molar-refractivity contribution in [1.82, 2.24) is 0 Å². The van der Waals surface area contributed by atoms with Crippen LogP contribution in [0.5, 0.6) is 5.75 Å². The molecule has 0 fully saturated rings. The van der Waals surface area contributed by atoms with E-state index in [2.05, 4.69) is 26.9 Å². The Bertz CT molecular complexity index is 660. The number of rotatable bonds is 5. The van der Waals surface area contributed by atoms with Crippen LogP contribution in [0.15, 0.2) is 46.9 Å². The van der Waals surface area contributed by atoms with Crippen molar-refractivity contribution in [3.05, 3.63) is 58.1 Å². The summed E-state index contributed by atoms with van der Waals surface area (Å²) >= 11 is 8.60. The Kier molecular flexibility index (Phi) is 5.20. The summed E-state index contributed by atoms with van der Waals surface area (Å²) in [6.07, 6.45) is 0. The smallest absolute Gasteiger partial charge is 0.123 e. The molecule has 2 aromatic rings. The minimum atomic E-state index is 0.387. The molecule has 2 N–H and O–H groups in total. The molecule has 0 aliphatic carbocycles. The summed E-state index contributed by atoms with van der Waals surface area (Å²) in [5, 5.41) is 0. The number of para-hydroxylation sites is 1. The summed E-state index contributed by atoms with van der Waals surface area (Å²) in [6.45, 7) is 0.710. The van der Waals surface area contributed by atoms with Gasteiger partial charge < -0.3 is 15.4 Å². The maximum Gasteiger partial charge on any atom is 0.123 e. The summed E-state index contributed by atoms with van der Waals surface area (Å²) in [4.78, 5) is 2.50. The Labute approximate surface area is 138 Å². The highest BCUT2D eigenvalue weighted by Gasteiger charge is 2.12. The SMILES string of the molecule is COc1ccccc1CN(C)c1ccc(Br)cc1C(N)=S. The predicted octanol–water partition coefficient (Wildman–Crippen LogP) is 3.73. The molecular formula is C16H17BrN2OS. The zero-order valence-electron chi connectivity index (χ0n) is 12.0. The summed E-state index contributed by atoms with van der Waals surface area (Å²) in [5.74, 6) is 0.873. The maximum absolute atomic E-state index is 5.83. The largest absolute Gasteiger partial charge is 0.496 e. The van der Waals surface area contributed by atoms with Gasteiger partial charge in [0, 0.05) is 34.9 Å². The highest BCUT2D eigenvalue weighted by atomic mass is 79.9. The van der Waals surface area contributed by atoms with Gasteiger partial charge in [-0.25, -0.2) is 0 Å². The number of hydrogen-bond donors (Lipinski definition) is 1. The fourth-order valence-corrected chi connectivity index (χ4v) is 2.74. The normalized spacial score (nSPS) is 10.2. The molecule has 3 nitrogen and oxygen atoms in total. The fourth-order valence-electron chi connectivity index (χ4n) is 2.21. The minimum Gasteiger partial charge on any atom is -0.496 e. The number of thiocarbonyl (C=S) groups is 1. The van der Waals surface area contributed by atoms with Crippen LogP contribution in [0.2, 0.25) is 0 Å². The molecule has 0 saturated heterocycles. The van der Waals surface area contributed by atoms with Crippen LogP contribution in [0.3, 0.4) is 0 Å². The van der Waals surface area contributed by atoms with Gasteiger partial charge in [-0.1, -0.05) is 46.3 Å². The molecule has 0 aliphatic heterocycles. The number of methoxy groups -OCH3 is 1. The number of hydrogen-bond acceptors (Lipinski definition) is 3. The molecule has 0 radical (unpaired) electrons. The molecule has 2 rings (SSSR count). The summed E-state index contributed by atoms with van der Waals surface area (Å²) in [6, 6.07) is 13.9. The van der Waals surface area contributed by atoms with Crippen molar-refractivity contribution in [1.29, 1.82) is 0 Å². The lowest BCUT2D eigenvalue weighted by Gasteiger charge is -2.23. The van der Waals surface area contributed by atoms with Gasteiger partial charge in [-0.15, -0.1) is 0 Å². The second-order valence-electron chi connectivity index (χ2n) is 4.69. The number of nitrogens with zero attached hydrogens (tertiary/aromatic N) is 1. The first-order chi connectivity index (χ1) is 10.0. The molecule has 0 aliphatic rings. The number of ether oxygens (including phenoxy) is 1. The van der Waals surface area contributed by atoms with Gasteiger partial charge in [0.2, 0.25) is 0 Å². The molecule has 110 valence electrons.